The Bertz CT molecular complexity index is 1130. The van der Waals surface area contributed by atoms with Gasteiger partial charge < -0.3 is 25.4 Å². The zero-order valence-corrected chi connectivity index (χ0v) is 22.6. The predicted molar refractivity (Wildman–Crippen MR) is 142 cm³/mol. The molecule has 2 aromatic carbocycles. The van der Waals surface area contributed by atoms with Gasteiger partial charge in [0, 0.05) is 27.8 Å². The second-order valence-electron chi connectivity index (χ2n) is 10.2. The smallest absolute Gasteiger partial charge is 0.408 e. The fraction of sp³-hybridized carbons (Fsp3) is 0.423. The van der Waals surface area contributed by atoms with E-state index in [0.29, 0.717) is 22.0 Å². The number of rotatable bonds is 6. The molecular weight excluding hydrogens is 502 g/mol. The summed E-state index contributed by atoms with van der Waals surface area (Å²) in [5, 5.41) is 15.9. The molecule has 8 nitrogen and oxygen atoms in total. The maximum absolute atomic E-state index is 13.7. The number of alkyl carbamates (subject to hydrolysis) is 1. The van der Waals surface area contributed by atoms with E-state index in [0.717, 1.165) is 10.5 Å². The lowest BCUT2D eigenvalue weighted by Crippen LogP contribution is -2.50. The number of benzene rings is 2. The van der Waals surface area contributed by atoms with Crippen LogP contribution in [0, 0.1) is 0 Å². The summed E-state index contributed by atoms with van der Waals surface area (Å²) in [6.45, 7) is 8.75. The van der Waals surface area contributed by atoms with Gasteiger partial charge in [0.25, 0.3) is 11.8 Å². The van der Waals surface area contributed by atoms with Gasteiger partial charge >= 0.3 is 6.09 Å². The first kappa shape index (κ1) is 27.8. The van der Waals surface area contributed by atoms with Crippen molar-refractivity contribution in [1.82, 2.24) is 10.6 Å². The molecule has 36 heavy (non-hydrogen) atoms. The molecule has 1 heterocycles. The molecule has 194 valence electrons. The molecule has 0 unspecified atom stereocenters. The highest BCUT2D eigenvalue weighted by atomic mass is 35.5. The van der Waals surface area contributed by atoms with Crippen molar-refractivity contribution in [2.75, 3.05) is 17.2 Å². The number of hydrogen-bond acceptors (Lipinski definition) is 6. The number of nitrogens with zero attached hydrogens (tertiary/aromatic N) is 1. The fourth-order valence-electron chi connectivity index (χ4n) is 3.43. The summed E-state index contributed by atoms with van der Waals surface area (Å²) < 4.78 is 5.36. The van der Waals surface area contributed by atoms with Crippen LogP contribution < -0.4 is 15.5 Å². The Morgan fingerprint density at radius 3 is 2.42 bits per heavy atom. The van der Waals surface area contributed by atoms with E-state index in [9.17, 15) is 19.5 Å². The van der Waals surface area contributed by atoms with Crippen LogP contribution in [0.2, 0.25) is 5.02 Å². The standard InChI is InChI=1S/C26H32ClN3O5S/c1-25(2,3)35-24(33)29-19-14-36-21-11-8-17(22(31)28-15-26(4,5)34)12-20(21)30(23(19)32)13-16-6-9-18(27)10-7-16/h6-12,19,34H,13-15H2,1-5H3,(H,28,31)(H,29,33)/t19-/m0/s1. The Morgan fingerprint density at radius 1 is 1.14 bits per heavy atom. The van der Waals surface area contributed by atoms with Crippen LogP contribution in [0.1, 0.15) is 50.5 Å². The van der Waals surface area contributed by atoms with Crippen molar-refractivity contribution in [1.29, 1.82) is 0 Å². The third-order valence-corrected chi connectivity index (χ3v) is 6.52. The summed E-state index contributed by atoms with van der Waals surface area (Å²) >= 11 is 7.44. The van der Waals surface area contributed by atoms with Gasteiger partial charge in [-0.2, -0.15) is 0 Å². The van der Waals surface area contributed by atoms with Crippen LogP contribution in [0.25, 0.3) is 0 Å². The van der Waals surface area contributed by atoms with Crippen LogP contribution in [0.5, 0.6) is 0 Å². The van der Waals surface area contributed by atoms with Gasteiger partial charge in [0.2, 0.25) is 0 Å². The van der Waals surface area contributed by atoms with Gasteiger partial charge in [-0.3, -0.25) is 9.59 Å². The third-order valence-electron chi connectivity index (χ3n) is 5.11. The van der Waals surface area contributed by atoms with Gasteiger partial charge in [-0.1, -0.05) is 23.7 Å². The molecule has 1 aliphatic rings. The molecule has 1 atom stereocenters. The minimum absolute atomic E-state index is 0.0764. The number of aliphatic hydroxyl groups is 1. The van der Waals surface area contributed by atoms with E-state index in [1.54, 1.807) is 69.9 Å². The number of carbonyl (C=O) groups is 3. The Balaban J connectivity index is 1.94. The van der Waals surface area contributed by atoms with Crippen molar-refractivity contribution in [2.45, 2.75) is 63.3 Å². The SMILES string of the molecule is CC(C)(O)CNC(=O)c1ccc2c(c1)N(Cc1ccc(Cl)cc1)C(=O)[C@@H](NC(=O)OC(C)(C)C)CS2. The normalized spacial score (nSPS) is 16.1. The van der Waals surface area contributed by atoms with Gasteiger partial charge in [-0.15, -0.1) is 11.8 Å². The molecule has 10 heteroatoms. The van der Waals surface area contributed by atoms with Crippen LogP contribution in [0.15, 0.2) is 47.4 Å². The van der Waals surface area contributed by atoms with E-state index in [4.69, 9.17) is 16.3 Å². The topological polar surface area (TPSA) is 108 Å². The highest BCUT2D eigenvalue weighted by Crippen LogP contribution is 2.36. The van der Waals surface area contributed by atoms with E-state index in [2.05, 4.69) is 10.6 Å². The fourth-order valence-corrected chi connectivity index (χ4v) is 4.61. The van der Waals surface area contributed by atoms with Crippen LogP contribution in [-0.4, -0.2) is 52.6 Å². The number of halogens is 1. The molecule has 1 aliphatic heterocycles. The Labute approximate surface area is 220 Å². The summed E-state index contributed by atoms with van der Waals surface area (Å²) in [5.41, 5.74) is -0.0228. The lowest BCUT2D eigenvalue weighted by molar-refractivity contribution is -0.120. The van der Waals surface area contributed by atoms with Crippen molar-refractivity contribution in [2.24, 2.45) is 0 Å². The molecule has 0 saturated heterocycles. The largest absolute Gasteiger partial charge is 0.444 e. The van der Waals surface area contributed by atoms with Crippen LogP contribution in [-0.2, 0) is 16.1 Å². The molecule has 0 bridgehead atoms. The van der Waals surface area contributed by atoms with E-state index in [-0.39, 0.29) is 24.9 Å². The van der Waals surface area contributed by atoms with Gasteiger partial charge in [-0.05, 0) is 70.5 Å². The molecule has 3 amide bonds. The zero-order chi connectivity index (χ0) is 26.7. The Morgan fingerprint density at radius 2 is 1.81 bits per heavy atom. The van der Waals surface area contributed by atoms with Crippen molar-refractivity contribution in [3.8, 4) is 0 Å². The Kier molecular flexibility index (Phi) is 8.59. The second kappa shape index (κ2) is 11.1. The quantitative estimate of drug-likeness (QED) is 0.509. The maximum Gasteiger partial charge on any atom is 0.408 e. The third kappa shape index (κ3) is 7.88. The monoisotopic (exact) mass is 533 g/mol. The van der Waals surface area contributed by atoms with E-state index in [1.165, 1.54) is 11.8 Å². The van der Waals surface area contributed by atoms with Crippen LogP contribution in [0.3, 0.4) is 0 Å². The summed E-state index contributed by atoms with van der Waals surface area (Å²) in [7, 11) is 0. The van der Waals surface area contributed by atoms with E-state index in [1.807, 2.05) is 12.1 Å². The number of anilines is 1. The van der Waals surface area contributed by atoms with Crippen LogP contribution >= 0.6 is 23.4 Å². The highest BCUT2D eigenvalue weighted by molar-refractivity contribution is 7.99. The Hall–Kier alpha value is -2.75. The van der Waals surface area contributed by atoms with E-state index < -0.39 is 23.3 Å². The molecule has 3 N–H and O–H groups in total. The molecular formula is C26H32ClN3O5S. The number of nitrogens with one attached hydrogen (secondary N) is 2. The number of amides is 3. The summed E-state index contributed by atoms with van der Waals surface area (Å²) in [4.78, 5) is 41.3. The van der Waals surface area contributed by atoms with Crippen molar-refractivity contribution in [3.05, 3.63) is 58.6 Å². The maximum atomic E-state index is 13.7. The van der Waals surface area contributed by atoms with Gasteiger partial charge in [0.15, 0.2) is 0 Å². The molecule has 0 spiro atoms. The van der Waals surface area contributed by atoms with Gasteiger partial charge in [0.1, 0.15) is 11.6 Å². The lowest BCUT2D eigenvalue weighted by atomic mass is 10.1. The van der Waals surface area contributed by atoms with E-state index >= 15 is 0 Å². The number of thioether (sulfide) groups is 1. The number of ether oxygens (including phenoxy) is 1. The van der Waals surface area contributed by atoms with Crippen molar-refractivity contribution >= 4 is 47.0 Å². The average molecular weight is 534 g/mol. The summed E-state index contributed by atoms with van der Waals surface area (Å²) in [5.74, 6) is -0.389. The zero-order valence-electron chi connectivity index (χ0n) is 21.1. The van der Waals surface area contributed by atoms with Gasteiger partial charge in [0.05, 0.1) is 17.8 Å². The molecule has 0 radical (unpaired) electrons. The molecule has 0 fully saturated rings. The first-order valence-corrected chi connectivity index (χ1v) is 12.9. The number of carbonyl (C=O) groups excluding carboxylic acids is 3. The average Bonchev–Trinajstić information content (AvgIpc) is 2.89. The molecule has 0 aliphatic carbocycles. The molecule has 3 rings (SSSR count). The second-order valence-corrected chi connectivity index (χ2v) is 11.7. The number of hydrogen-bond donors (Lipinski definition) is 3. The van der Waals surface area contributed by atoms with Crippen LogP contribution in [0.4, 0.5) is 10.5 Å². The first-order valence-electron chi connectivity index (χ1n) is 11.5. The molecule has 0 aromatic heterocycles. The summed E-state index contributed by atoms with van der Waals surface area (Å²) in [6.07, 6.45) is -0.675. The van der Waals surface area contributed by atoms with Gasteiger partial charge in [-0.25, -0.2) is 4.79 Å². The first-order chi connectivity index (χ1) is 16.7. The minimum Gasteiger partial charge on any atom is -0.444 e. The summed E-state index contributed by atoms with van der Waals surface area (Å²) in [6, 6.07) is 11.4. The van der Waals surface area contributed by atoms with Crippen molar-refractivity contribution < 1.29 is 24.2 Å². The predicted octanol–water partition coefficient (Wildman–Crippen LogP) is 4.37. The molecule has 2 aromatic rings. The molecule has 0 saturated carbocycles. The minimum atomic E-state index is -1.06. The van der Waals surface area contributed by atoms with Crippen molar-refractivity contribution in [3.63, 3.8) is 0 Å². The number of fused-ring (bicyclic) bond motifs is 1. The highest BCUT2D eigenvalue weighted by Gasteiger charge is 2.33. The lowest BCUT2D eigenvalue weighted by Gasteiger charge is -2.27.